The Bertz CT molecular complexity index is 135. The molecule has 0 spiro atoms. The summed E-state index contributed by atoms with van der Waals surface area (Å²) in [5.74, 6) is 0.820. The number of thiocarbonyl (C=S) groups is 1. The first-order valence-corrected chi connectivity index (χ1v) is 5.59. The van der Waals surface area contributed by atoms with Crippen LogP contribution in [0.25, 0.3) is 0 Å². The van der Waals surface area contributed by atoms with Gasteiger partial charge in [0.1, 0.15) is 0 Å². The van der Waals surface area contributed by atoms with Gasteiger partial charge in [0.05, 0.1) is 0 Å². The summed E-state index contributed by atoms with van der Waals surface area (Å²) < 4.78 is 0. The van der Waals surface area contributed by atoms with Gasteiger partial charge in [-0.05, 0) is 31.5 Å². The minimum absolute atomic E-state index is 0.784. The van der Waals surface area contributed by atoms with Crippen molar-refractivity contribution in [1.29, 1.82) is 0 Å². The van der Waals surface area contributed by atoms with Gasteiger partial charge in [-0.3, -0.25) is 0 Å². The lowest BCUT2D eigenvalue weighted by atomic mass is 10.1. The molecule has 0 fully saturated rings. The van der Waals surface area contributed by atoms with Gasteiger partial charge >= 0.3 is 0 Å². The third-order valence-electron chi connectivity index (χ3n) is 1.83. The van der Waals surface area contributed by atoms with E-state index in [9.17, 15) is 0 Å². The summed E-state index contributed by atoms with van der Waals surface area (Å²) in [4.78, 5) is 0. The predicted molar refractivity (Wildman–Crippen MR) is 63.0 cm³/mol. The second-order valence-corrected chi connectivity index (χ2v) is 4.08. The number of hydrogen-bond acceptors (Lipinski definition) is 1. The van der Waals surface area contributed by atoms with Crippen LogP contribution in [0.2, 0.25) is 0 Å². The molecule has 0 atom stereocenters. The summed E-state index contributed by atoms with van der Waals surface area (Å²) >= 11 is 5.03. The molecule has 0 rings (SSSR count). The van der Waals surface area contributed by atoms with E-state index < -0.39 is 0 Å². The van der Waals surface area contributed by atoms with Gasteiger partial charge in [-0.25, -0.2) is 0 Å². The molecule has 0 bridgehead atoms. The molecular formula is C10H22N2S. The summed E-state index contributed by atoms with van der Waals surface area (Å²) in [7, 11) is 0. The van der Waals surface area contributed by atoms with Gasteiger partial charge < -0.3 is 10.6 Å². The van der Waals surface area contributed by atoms with Crippen LogP contribution in [0.5, 0.6) is 0 Å². The maximum Gasteiger partial charge on any atom is 0.166 e. The standard InChI is InChI=1S/C10H22N2S/c1-4-11-10(13)12-8-6-5-7-9(2)3/h9H,4-8H2,1-3H3,(H2,11,12,13). The van der Waals surface area contributed by atoms with Crippen molar-refractivity contribution in [3.8, 4) is 0 Å². The molecule has 13 heavy (non-hydrogen) atoms. The molecular weight excluding hydrogens is 180 g/mol. The number of hydrogen-bond donors (Lipinski definition) is 2. The maximum atomic E-state index is 5.03. The van der Waals surface area contributed by atoms with Crippen LogP contribution >= 0.6 is 12.2 Å². The number of nitrogens with one attached hydrogen (secondary N) is 2. The Labute approximate surface area is 87.5 Å². The molecule has 0 radical (unpaired) electrons. The highest BCUT2D eigenvalue weighted by atomic mass is 32.1. The van der Waals surface area contributed by atoms with Crippen molar-refractivity contribution in [2.75, 3.05) is 13.1 Å². The molecule has 0 saturated heterocycles. The van der Waals surface area contributed by atoms with Crippen LogP contribution in [-0.4, -0.2) is 18.2 Å². The smallest absolute Gasteiger partial charge is 0.166 e. The van der Waals surface area contributed by atoms with Crippen LogP contribution in [0.3, 0.4) is 0 Å². The van der Waals surface area contributed by atoms with E-state index in [0.29, 0.717) is 0 Å². The van der Waals surface area contributed by atoms with Gasteiger partial charge in [0.15, 0.2) is 5.11 Å². The van der Waals surface area contributed by atoms with E-state index in [0.717, 1.165) is 24.1 Å². The molecule has 0 aromatic carbocycles. The number of rotatable bonds is 6. The van der Waals surface area contributed by atoms with E-state index in [1.54, 1.807) is 0 Å². The first-order chi connectivity index (χ1) is 6.16. The Hall–Kier alpha value is -0.310. The largest absolute Gasteiger partial charge is 0.363 e. The molecule has 0 amide bonds. The highest BCUT2D eigenvalue weighted by Crippen LogP contribution is 2.04. The molecule has 0 aliphatic heterocycles. The first-order valence-electron chi connectivity index (χ1n) is 5.18. The van der Waals surface area contributed by atoms with Crippen LogP contribution in [0.4, 0.5) is 0 Å². The normalized spacial score (nSPS) is 10.2. The molecule has 0 unspecified atom stereocenters. The van der Waals surface area contributed by atoms with Gasteiger partial charge in [0.2, 0.25) is 0 Å². The third-order valence-corrected chi connectivity index (χ3v) is 2.12. The Kier molecular flexibility index (Phi) is 8.10. The van der Waals surface area contributed by atoms with Gasteiger partial charge in [-0.15, -0.1) is 0 Å². The van der Waals surface area contributed by atoms with Gasteiger partial charge in [-0.2, -0.15) is 0 Å². The summed E-state index contributed by atoms with van der Waals surface area (Å²) in [6.45, 7) is 8.47. The predicted octanol–water partition coefficient (Wildman–Crippen LogP) is 2.30. The summed E-state index contributed by atoms with van der Waals surface area (Å²) in [6, 6.07) is 0. The van der Waals surface area contributed by atoms with E-state index in [1.807, 2.05) is 6.92 Å². The Morgan fingerprint density at radius 1 is 1.23 bits per heavy atom. The van der Waals surface area contributed by atoms with Crippen LogP contribution in [0.15, 0.2) is 0 Å². The van der Waals surface area contributed by atoms with E-state index in [2.05, 4.69) is 24.5 Å². The Balaban J connectivity index is 3.11. The van der Waals surface area contributed by atoms with Crippen molar-refractivity contribution in [1.82, 2.24) is 10.6 Å². The van der Waals surface area contributed by atoms with E-state index >= 15 is 0 Å². The van der Waals surface area contributed by atoms with Crippen molar-refractivity contribution < 1.29 is 0 Å². The monoisotopic (exact) mass is 202 g/mol. The average Bonchev–Trinajstić information content (AvgIpc) is 2.03. The summed E-state index contributed by atoms with van der Waals surface area (Å²) in [6.07, 6.45) is 3.82. The molecule has 78 valence electrons. The molecule has 0 aromatic heterocycles. The molecule has 0 saturated carbocycles. The van der Waals surface area contributed by atoms with Gasteiger partial charge in [0.25, 0.3) is 0 Å². The first kappa shape index (κ1) is 12.7. The van der Waals surface area contributed by atoms with E-state index in [4.69, 9.17) is 12.2 Å². The fourth-order valence-corrected chi connectivity index (χ4v) is 1.35. The second-order valence-electron chi connectivity index (χ2n) is 3.68. The molecule has 0 aliphatic carbocycles. The summed E-state index contributed by atoms with van der Waals surface area (Å²) in [5, 5.41) is 7.03. The van der Waals surface area contributed by atoms with Crippen molar-refractivity contribution in [3.05, 3.63) is 0 Å². The zero-order chi connectivity index (χ0) is 10.1. The fraction of sp³-hybridized carbons (Fsp3) is 0.900. The Morgan fingerprint density at radius 3 is 2.46 bits per heavy atom. The highest BCUT2D eigenvalue weighted by molar-refractivity contribution is 7.80. The van der Waals surface area contributed by atoms with E-state index in [1.165, 1.54) is 19.3 Å². The molecule has 0 heterocycles. The molecule has 2 N–H and O–H groups in total. The SMILES string of the molecule is CCNC(=S)NCCCCC(C)C. The molecule has 0 aromatic rings. The van der Waals surface area contributed by atoms with Crippen molar-refractivity contribution in [3.63, 3.8) is 0 Å². The fourth-order valence-electron chi connectivity index (χ4n) is 1.10. The van der Waals surface area contributed by atoms with Gasteiger partial charge in [-0.1, -0.05) is 26.7 Å². The topological polar surface area (TPSA) is 24.1 Å². The minimum Gasteiger partial charge on any atom is -0.363 e. The van der Waals surface area contributed by atoms with Crippen molar-refractivity contribution in [2.45, 2.75) is 40.0 Å². The zero-order valence-corrected chi connectivity index (χ0v) is 9.84. The highest BCUT2D eigenvalue weighted by Gasteiger charge is 1.95. The third kappa shape index (κ3) is 9.61. The second kappa shape index (κ2) is 8.30. The lowest BCUT2D eigenvalue weighted by molar-refractivity contribution is 0.535. The average molecular weight is 202 g/mol. The van der Waals surface area contributed by atoms with Crippen LogP contribution in [0.1, 0.15) is 40.0 Å². The summed E-state index contributed by atoms with van der Waals surface area (Å²) in [5.41, 5.74) is 0. The quantitative estimate of drug-likeness (QED) is 0.510. The van der Waals surface area contributed by atoms with Crippen LogP contribution < -0.4 is 10.6 Å². The molecule has 0 aliphatic rings. The molecule has 3 heteroatoms. The van der Waals surface area contributed by atoms with Gasteiger partial charge in [0, 0.05) is 13.1 Å². The molecule has 2 nitrogen and oxygen atoms in total. The van der Waals surface area contributed by atoms with Crippen LogP contribution in [0, 0.1) is 5.92 Å². The maximum absolute atomic E-state index is 5.03. The van der Waals surface area contributed by atoms with E-state index in [-0.39, 0.29) is 0 Å². The minimum atomic E-state index is 0.784. The van der Waals surface area contributed by atoms with Crippen molar-refractivity contribution >= 4 is 17.3 Å². The van der Waals surface area contributed by atoms with Crippen molar-refractivity contribution in [2.24, 2.45) is 5.92 Å². The number of unbranched alkanes of at least 4 members (excludes halogenated alkanes) is 1. The Morgan fingerprint density at radius 2 is 1.92 bits per heavy atom. The lowest BCUT2D eigenvalue weighted by Crippen LogP contribution is -2.35. The zero-order valence-electron chi connectivity index (χ0n) is 9.02. The lowest BCUT2D eigenvalue weighted by Gasteiger charge is -2.08. The van der Waals surface area contributed by atoms with Crippen LogP contribution in [-0.2, 0) is 0 Å².